The third-order valence-corrected chi connectivity index (χ3v) is 4.32. The van der Waals surface area contributed by atoms with E-state index in [1.807, 2.05) is 0 Å². The first-order valence-corrected chi connectivity index (χ1v) is 8.06. The molecule has 0 aliphatic carbocycles. The predicted octanol–water partition coefficient (Wildman–Crippen LogP) is 2.56. The third kappa shape index (κ3) is 2.85. The van der Waals surface area contributed by atoms with Crippen molar-refractivity contribution >= 4 is 35.2 Å². The smallest absolute Gasteiger partial charge is 0.339 e. The highest BCUT2D eigenvalue weighted by molar-refractivity contribution is 6.34. The molecule has 2 aliphatic rings. The molecule has 9 heteroatoms. The van der Waals surface area contributed by atoms with Gasteiger partial charge < -0.3 is 9.47 Å². The van der Waals surface area contributed by atoms with Crippen LogP contribution in [-0.4, -0.2) is 47.8 Å². The van der Waals surface area contributed by atoms with Gasteiger partial charge in [0.25, 0.3) is 5.91 Å². The number of carbonyl (C=O) groups is 3. The number of imide groups is 1. The first kappa shape index (κ1) is 17.6. The number of hydrogen-bond acceptors (Lipinski definition) is 5. The van der Waals surface area contributed by atoms with Crippen molar-refractivity contribution < 1.29 is 28.2 Å². The monoisotopic (exact) mass is 370 g/mol. The van der Waals surface area contributed by atoms with Crippen LogP contribution in [-0.2, 0) is 14.3 Å². The second-order valence-electron chi connectivity index (χ2n) is 6.11. The maximum atomic E-state index is 14.4. The van der Waals surface area contributed by atoms with Crippen molar-refractivity contribution in [2.75, 3.05) is 11.6 Å². The molecular formula is C16H16ClFN2O5. The minimum absolute atomic E-state index is 0.0512. The summed E-state index contributed by atoms with van der Waals surface area (Å²) < 4.78 is 24.7. The number of fused-ring (bicyclic) bond motifs is 1. The number of rotatable bonds is 3. The van der Waals surface area contributed by atoms with E-state index in [9.17, 15) is 18.8 Å². The minimum atomic E-state index is -0.887. The molecule has 2 atom stereocenters. The summed E-state index contributed by atoms with van der Waals surface area (Å²) in [4.78, 5) is 39.1. The number of hydrogen-bond donors (Lipinski definition) is 0. The lowest BCUT2D eigenvalue weighted by Gasteiger charge is -2.18. The van der Waals surface area contributed by atoms with E-state index in [0.717, 1.165) is 12.1 Å². The predicted molar refractivity (Wildman–Crippen MR) is 85.9 cm³/mol. The van der Waals surface area contributed by atoms with Crippen LogP contribution in [0.2, 0.25) is 5.02 Å². The first-order valence-electron chi connectivity index (χ1n) is 7.68. The molecule has 0 unspecified atom stereocenters. The van der Waals surface area contributed by atoms with Crippen LogP contribution < -0.4 is 4.90 Å². The van der Waals surface area contributed by atoms with Crippen LogP contribution in [0.25, 0.3) is 0 Å². The zero-order chi connectivity index (χ0) is 18.5. The van der Waals surface area contributed by atoms with Gasteiger partial charge in [-0.1, -0.05) is 11.6 Å². The maximum Gasteiger partial charge on any atom is 0.339 e. The summed E-state index contributed by atoms with van der Waals surface area (Å²) in [6, 6.07) is 0.432. The highest BCUT2D eigenvalue weighted by atomic mass is 35.5. The fourth-order valence-corrected chi connectivity index (χ4v) is 3.08. The van der Waals surface area contributed by atoms with Gasteiger partial charge in [0.05, 0.1) is 28.5 Å². The molecule has 2 heterocycles. The minimum Gasteiger partial charge on any atom is -0.459 e. The number of esters is 1. The van der Waals surface area contributed by atoms with Crippen LogP contribution in [0.5, 0.6) is 0 Å². The molecule has 0 radical (unpaired) electrons. The molecule has 3 amide bonds. The summed E-state index contributed by atoms with van der Waals surface area (Å²) in [7, 11) is 0. The Kier molecular flexibility index (Phi) is 4.42. The topological polar surface area (TPSA) is 76.2 Å². The van der Waals surface area contributed by atoms with E-state index in [1.165, 1.54) is 4.90 Å². The Bertz CT molecular complexity index is 769. The van der Waals surface area contributed by atoms with Crippen LogP contribution in [0.3, 0.4) is 0 Å². The highest BCUT2D eigenvalue weighted by Gasteiger charge is 2.53. The normalized spacial score (nSPS) is 22.8. The van der Waals surface area contributed by atoms with Gasteiger partial charge in [0.1, 0.15) is 18.6 Å². The summed E-state index contributed by atoms with van der Waals surface area (Å²) in [5.41, 5.74) is -0.458. The number of amides is 3. The second-order valence-corrected chi connectivity index (χ2v) is 6.52. The van der Waals surface area contributed by atoms with Crippen molar-refractivity contribution in [3.8, 4) is 0 Å². The third-order valence-electron chi connectivity index (χ3n) is 4.01. The molecular weight excluding hydrogens is 355 g/mol. The Morgan fingerprint density at radius 3 is 2.68 bits per heavy atom. The van der Waals surface area contributed by atoms with Crippen LogP contribution in [0.1, 0.15) is 31.1 Å². The fraction of sp³-hybridized carbons (Fsp3) is 0.438. The van der Waals surface area contributed by atoms with Crippen molar-refractivity contribution in [1.82, 2.24) is 4.90 Å². The van der Waals surface area contributed by atoms with Crippen molar-refractivity contribution in [2.45, 2.75) is 39.0 Å². The molecule has 2 aliphatic heterocycles. The largest absolute Gasteiger partial charge is 0.459 e. The van der Waals surface area contributed by atoms with Gasteiger partial charge in [-0.25, -0.2) is 18.9 Å². The van der Waals surface area contributed by atoms with E-state index in [2.05, 4.69) is 0 Å². The molecule has 0 spiro atoms. The van der Waals surface area contributed by atoms with Crippen LogP contribution in [0.4, 0.5) is 14.9 Å². The number of ether oxygens (including phenoxy) is 2. The number of carbonyl (C=O) groups excluding carboxylic acids is 3. The van der Waals surface area contributed by atoms with Crippen molar-refractivity contribution in [1.29, 1.82) is 0 Å². The Hall–Kier alpha value is -2.19. The van der Waals surface area contributed by atoms with E-state index in [4.69, 9.17) is 21.1 Å². The number of nitrogens with zero attached hydrogens (tertiary/aromatic N) is 2. The molecule has 0 bridgehead atoms. The lowest BCUT2D eigenvalue weighted by molar-refractivity contribution is -0.120. The molecule has 2 fully saturated rings. The van der Waals surface area contributed by atoms with Gasteiger partial charge in [0, 0.05) is 0 Å². The van der Waals surface area contributed by atoms with E-state index in [0.29, 0.717) is 4.90 Å². The number of anilines is 1. The zero-order valence-corrected chi connectivity index (χ0v) is 14.5. The molecule has 0 N–H and O–H groups in total. The summed E-state index contributed by atoms with van der Waals surface area (Å²) in [5, 5.41) is -0.164. The maximum absolute atomic E-state index is 14.4. The van der Waals surface area contributed by atoms with Gasteiger partial charge in [0.15, 0.2) is 0 Å². The second kappa shape index (κ2) is 6.27. The molecule has 3 rings (SSSR count). The Morgan fingerprint density at radius 2 is 2.08 bits per heavy atom. The van der Waals surface area contributed by atoms with E-state index >= 15 is 0 Å². The summed E-state index contributed by atoms with van der Waals surface area (Å²) in [6.45, 7) is 4.91. The quantitative estimate of drug-likeness (QED) is 0.603. The Balaban J connectivity index is 2.01. The summed E-state index contributed by atoms with van der Waals surface area (Å²) in [5.74, 6) is -2.26. The van der Waals surface area contributed by atoms with E-state index in [-0.39, 0.29) is 23.0 Å². The molecule has 25 heavy (non-hydrogen) atoms. The molecule has 1 aromatic rings. The Labute approximate surface area is 148 Å². The van der Waals surface area contributed by atoms with Crippen molar-refractivity contribution in [2.24, 2.45) is 0 Å². The van der Waals surface area contributed by atoms with Gasteiger partial charge in [-0.05, 0) is 32.9 Å². The van der Waals surface area contributed by atoms with Crippen molar-refractivity contribution in [3.05, 3.63) is 28.5 Å². The molecule has 0 saturated carbocycles. The molecule has 2 saturated heterocycles. The fourth-order valence-electron chi connectivity index (χ4n) is 2.85. The molecule has 0 aromatic heterocycles. The highest BCUT2D eigenvalue weighted by Crippen LogP contribution is 2.35. The van der Waals surface area contributed by atoms with Crippen LogP contribution in [0.15, 0.2) is 12.1 Å². The van der Waals surface area contributed by atoms with Gasteiger partial charge in [0.2, 0.25) is 0 Å². The summed E-state index contributed by atoms with van der Waals surface area (Å²) in [6.07, 6.45) is -0.905. The molecule has 7 nitrogen and oxygen atoms in total. The summed E-state index contributed by atoms with van der Waals surface area (Å²) >= 11 is 5.92. The van der Waals surface area contributed by atoms with Crippen molar-refractivity contribution in [3.63, 3.8) is 0 Å². The van der Waals surface area contributed by atoms with E-state index < -0.39 is 42.0 Å². The van der Waals surface area contributed by atoms with Crippen LogP contribution in [0, 0.1) is 5.82 Å². The Morgan fingerprint density at radius 1 is 1.40 bits per heavy atom. The number of halogens is 2. The van der Waals surface area contributed by atoms with Crippen LogP contribution >= 0.6 is 11.6 Å². The lowest BCUT2D eigenvalue weighted by Crippen LogP contribution is -2.36. The number of urea groups is 1. The average Bonchev–Trinajstić information content (AvgIpc) is 3.00. The van der Waals surface area contributed by atoms with Gasteiger partial charge in [-0.15, -0.1) is 0 Å². The van der Waals surface area contributed by atoms with Gasteiger partial charge >= 0.3 is 12.0 Å². The first-order chi connectivity index (χ1) is 11.7. The number of benzene rings is 1. The standard InChI is InChI=1S/C16H16ClFN2O5/c1-7(2)25-15(22)9-4-12(11(18)5-10(9)17)20-14(21)13-8(3)24-6-19(13)16(20)23/h4-5,7-8,13H,6H2,1-3H3/t8-,13-/m1/s1. The van der Waals surface area contributed by atoms with Gasteiger partial charge in [-0.3, -0.25) is 9.69 Å². The van der Waals surface area contributed by atoms with Gasteiger partial charge in [-0.2, -0.15) is 0 Å². The molecule has 1 aromatic carbocycles. The SMILES string of the molecule is CC(C)OC(=O)c1cc(N2C(=O)[C@H]3[C@@H](C)OCN3C2=O)c(F)cc1Cl. The average molecular weight is 371 g/mol. The van der Waals surface area contributed by atoms with E-state index in [1.54, 1.807) is 20.8 Å². The zero-order valence-electron chi connectivity index (χ0n) is 13.8. The lowest BCUT2D eigenvalue weighted by atomic mass is 10.1. The molecule has 134 valence electrons.